The van der Waals surface area contributed by atoms with Crippen LogP contribution in [0, 0.1) is 0 Å². The van der Waals surface area contributed by atoms with Crippen LogP contribution in [0.15, 0.2) is 59.7 Å². The standard InChI is InChI=1S/C18H16Cl3N3O3/c1-12(25)23-17(18(19,20)21)27-15-9-7-13(8-10-15)11-22-24-16(26)14-5-3-2-4-6-14/h2-11,17H,1H3,(H,23,25)(H,24,26)/b22-11-/t17-/m0/s1. The van der Waals surface area contributed by atoms with E-state index in [4.69, 9.17) is 39.5 Å². The summed E-state index contributed by atoms with van der Waals surface area (Å²) in [6.45, 7) is 1.29. The summed E-state index contributed by atoms with van der Waals surface area (Å²) in [5, 5.41) is 6.32. The first kappa shape index (κ1) is 21.0. The number of carbonyl (C=O) groups is 2. The lowest BCUT2D eigenvalue weighted by Gasteiger charge is -2.25. The van der Waals surface area contributed by atoms with Crippen molar-refractivity contribution in [1.29, 1.82) is 0 Å². The Labute approximate surface area is 171 Å². The van der Waals surface area contributed by atoms with Gasteiger partial charge in [-0.3, -0.25) is 9.59 Å². The Morgan fingerprint density at radius 3 is 2.26 bits per heavy atom. The maximum absolute atomic E-state index is 11.9. The van der Waals surface area contributed by atoms with Crippen LogP contribution in [-0.4, -0.2) is 28.0 Å². The third-order valence-corrected chi connectivity index (χ3v) is 3.78. The van der Waals surface area contributed by atoms with Gasteiger partial charge >= 0.3 is 0 Å². The quantitative estimate of drug-likeness (QED) is 0.319. The van der Waals surface area contributed by atoms with E-state index in [1.165, 1.54) is 13.1 Å². The van der Waals surface area contributed by atoms with E-state index in [2.05, 4.69) is 15.8 Å². The molecular formula is C18H16Cl3N3O3. The van der Waals surface area contributed by atoms with Gasteiger partial charge < -0.3 is 10.1 Å². The molecule has 2 aromatic carbocycles. The first-order valence-electron chi connectivity index (χ1n) is 7.74. The van der Waals surface area contributed by atoms with Crippen molar-refractivity contribution >= 4 is 52.8 Å². The zero-order valence-electron chi connectivity index (χ0n) is 14.2. The molecule has 1 atom stereocenters. The van der Waals surface area contributed by atoms with Crippen LogP contribution < -0.4 is 15.5 Å². The Balaban J connectivity index is 1.96. The SMILES string of the molecule is CC(=O)N[C@@H](Oc1ccc(/C=N\NC(=O)c2ccccc2)cc1)C(Cl)(Cl)Cl. The highest BCUT2D eigenvalue weighted by molar-refractivity contribution is 6.68. The van der Waals surface area contributed by atoms with E-state index in [1.807, 2.05) is 6.07 Å². The molecule has 0 spiro atoms. The lowest BCUT2D eigenvalue weighted by molar-refractivity contribution is -0.121. The van der Waals surface area contributed by atoms with E-state index < -0.39 is 15.9 Å². The van der Waals surface area contributed by atoms with E-state index in [0.717, 1.165) is 0 Å². The Kier molecular flexibility index (Phi) is 7.47. The average Bonchev–Trinajstić information content (AvgIpc) is 2.62. The lowest BCUT2D eigenvalue weighted by atomic mass is 10.2. The van der Waals surface area contributed by atoms with Crippen molar-refractivity contribution in [2.75, 3.05) is 0 Å². The number of hydrazone groups is 1. The molecule has 0 aliphatic heterocycles. The van der Waals surface area contributed by atoms with Crippen molar-refractivity contribution in [3.8, 4) is 5.75 Å². The van der Waals surface area contributed by atoms with Crippen molar-refractivity contribution in [2.24, 2.45) is 5.10 Å². The monoisotopic (exact) mass is 427 g/mol. The number of benzene rings is 2. The molecule has 0 saturated carbocycles. The zero-order chi connectivity index (χ0) is 19.9. The van der Waals surface area contributed by atoms with Gasteiger partial charge in [0.1, 0.15) is 5.75 Å². The molecule has 6 nitrogen and oxygen atoms in total. The van der Waals surface area contributed by atoms with Crippen LogP contribution in [0.25, 0.3) is 0 Å². The minimum Gasteiger partial charge on any atom is -0.466 e. The second kappa shape index (κ2) is 9.60. The van der Waals surface area contributed by atoms with Crippen LogP contribution in [0.5, 0.6) is 5.75 Å². The lowest BCUT2D eigenvalue weighted by Crippen LogP contribution is -2.47. The van der Waals surface area contributed by atoms with Gasteiger partial charge in [-0.2, -0.15) is 5.10 Å². The largest absolute Gasteiger partial charge is 0.466 e. The summed E-state index contributed by atoms with van der Waals surface area (Å²) in [5.74, 6) is -0.331. The maximum atomic E-state index is 11.9. The number of nitrogens with one attached hydrogen (secondary N) is 2. The minimum absolute atomic E-state index is 0.312. The summed E-state index contributed by atoms with van der Waals surface area (Å²) in [4.78, 5) is 23.1. The summed E-state index contributed by atoms with van der Waals surface area (Å²) < 4.78 is 3.66. The predicted molar refractivity (Wildman–Crippen MR) is 106 cm³/mol. The Morgan fingerprint density at radius 2 is 1.70 bits per heavy atom. The molecule has 2 N–H and O–H groups in total. The van der Waals surface area contributed by atoms with Gasteiger partial charge in [0, 0.05) is 12.5 Å². The fourth-order valence-electron chi connectivity index (χ4n) is 1.95. The topological polar surface area (TPSA) is 79.8 Å². The van der Waals surface area contributed by atoms with Gasteiger partial charge in [0.25, 0.3) is 5.91 Å². The van der Waals surface area contributed by atoms with Crippen LogP contribution >= 0.6 is 34.8 Å². The molecule has 0 aliphatic rings. The highest BCUT2D eigenvalue weighted by atomic mass is 35.6. The van der Waals surface area contributed by atoms with E-state index in [9.17, 15) is 9.59 Å². The summed E-state index contributed by atoms with van der Waals surface area (Å²) in [7, 11) is 0. The van der Waals surface area contributed by atoms with E-state index >= 15 is 0 Å². The molecule has 0 fully saturated rings. The molecule has 0 heterocycles. The molecule has 9 heteroatoms. The molecule has 142 valence electrons. The van der Waals surface area contributed by atoms with Gasteiger partial charge in [0.05, 0.1) is 6.21 Å². The Hall–Kier alpha value is -2.28. The molecule has 0 radical (unpaired) electrons. The molecule has 2 amide bonds. The van der Waals surface area contributed by atoms with Gasteiger partial charge in [0.15, 0.2) is 0 Å². The van der Waals surface area contributed by atoms with Crippen molar-refractivity contribution < 1.29 is 14.3 Å². The highest BCUT2D eigenvalue weighted by Gasteiger charge is 2.35. The Morgan fingerprint density at radius 1 is 1.07 bits per heavy atom. The number of ether oxygens (including phenoxy) is 1. The summed E-state index contributed by atoms with van der Waals surface area (Å²) in [6.07, 6.45) is 0.329. The van der Waals surface area contributed by atoms with Gasteiger partial charge in [-0.15, -0.1) is 0 Å². The molecule has 0 aromatic heterocycles. The van der Waals surface area contributed by atoms with E-state index in [1.54, 1.807) is 48.5 Å². The fraction of sp³-hybridized carbons (Fsp3) is 0.167. The molecule has 0 unspecified atom stereocenters. The molecule has 0 bridgehead atoms. The minimum atomic E-state index is -1.84. The van der Waals surface area contributed by atoms with Gasteiger partial charge in [0.2, 0.25) is 15.9 Å². The number of hydrogen-bond acceptors (Lipinski definition) is 4. The summed E-state index contributed by atoms with van der Waals surface area (Å²) in [5.41, 5.74) is 3.65. The normalized spacial score (nSPS) is 12.4. The number of rotatable bonds is 6. The second-order valence-electron chi connectivity index (χ2n) is 5.37. The number of nitrogens with zero attached hydrogens (tertiary/aromatic N) is 1. The van der Waals surface area contributed by atoms with Gasteiger partial charge in [-0.1, -0.05) is 53.0 Å². The number of hydrogen-bond donors (Lipinski definition) is 2. The third-order valence-electron chi connectivity index (χ3n) is 3.18. The molecule has 2 rings (SSSR count). The van der Waals surface area contributed by atoms with Crippen molar-refractivity contribution in [3.63, 3.8) is 0 Å². The molecular weight excluding hydrogens is 413 g/mol. The van der Waals surface area contributed by atoms with Crippen LogP contribution in [0.1, 0.15) is 22.8 Å². The molecule has 27 heavy (non-hydrogen) atoms. The number of halogens is 3. The molecule has 0 aliphatic carbocycles. The summed E-state index contributed by atoms with van der Waals surface area (Å²) in [6, 6.07) is 15.3. The average molecular weight is 429 g/mol. The maximum Gasteiger partial charge on any atom is 0.271 e. The summed E-state index contributed by atoms with van der Waals surface area (Å²) >= 11 is 17.4. The highest BCUT2D eigenvalue weighted by Crippen LogP contribution is 2.31. The van der Waals surface area contributed by atoms with Crippen LogP contribution in [-0.2, 0) is 4.79 Å². The first-order valence-corrected chi connectivity index (χ1v) is 8.88. The van der Waals surface area contributed by atoms with Crippen molar-refractivity contribution in [3.05, 3.63) is 65.7 Å². The van der Waals surface area contributed by atoms with Crippen LogP contribution in [0.4, 0.5) is 0 Å². The Bertz CT molecular complexity index is 806. The predicted octanol–water partition coefficient (Wildman–Crippen LogP) is 3.66. The smallest absolute Gasteiger partial charge is 0.271 e. The van der Waals surface area contributed by atoms with E-state index in [0.29, 0.717) is 16.9 Å². The van der Waals surface area contributed by atoms with Crippen LogP contribution in [0.2, 0.25) is 0 Å². The second-order valence-corrected chi connectivity index (χ2v) is 7.74. The molecule has 2 aromatic rings. The van der Waals surface area contributed by atoms with Crippen molar-refractivity contribution in [1.82, 2.24) is 10.7 Å². The number of amides is 2. The number of alkyl halides is 3. The zero-order valence-corrected chi connectivity index (χ0v) is 16.4. The first-order chi connectivity index (χ1) is 12.8. The number of carbonyl (C=O) groups excluding carboxylic acids is 2. The van der Waals surface area contributed by atoms with Gasteiger partial charge in [-0.25, -0.2) is 5.43 Å². The van der Waals surface area contributed by atoms with Crippen LogP contribution in [0.3, 0.4) is 0 Å². The third kappa shape index (κ3) is 7.09. The fourth-order valence-corrected chi connectivity index (χ4v) is 2.25. The van der Waals surface area contributed by atoms with E-state index in [-0.39, 0.29) is 5.91 Å². The van der Waals surface area contributed by atoms with Gasteiger partial charge in [-0.05, 0) is 42.0 Å². The van der Waals surface area contributed by atoms with Crippen molar-refractivity contribution in [2.45, 2.75) is 16.9 Å². The molecule has 0 saturated heterocycles.